The summed E-state index contributed by atoms with van der Waals surface area (Å²) in [4.78, 5) is 29.7. The summed E-state index contributed by atoms with van der Waals surface area (Å²) in [6.45, 7) is 7.26. The zero-order chi connectivity index (χ0) is 24.8. The third-order valence-corrected chi connectivity index (χ3v) is 7.93. The number of nitrogens with one attached hydrogen (secondary N) is 1. The number of hydrogen-bond donors (Lipinski definition) is 1. The Morgan fingerprint density at radius 3 is 2.47 bits per heavy atom. The third kappa shape index (κ3) is 4.41. The number of H-pyrrole nitrogens is 1. The Kier molecular flexibility index (Phi) is 6.25. The summed E-state index contributed by atoms with van der Waals surface area (Å²) in [5, 5.41) is 0.565. The largest absolute Gasteiger partial charge is 0.461 e. The number of aromatic amines is 1. The Morgan fingerprint density at radius 1 is 1.11 bits per heavy atom. The molecule has 0 saturated carbocycles. The van der Waals surface area contributed by atoms with Crippen LogP contribution in [0.25, 0.3) is 22.4 Å². The van der Waals surface area contributed by atoms with Gasteiger partial charge in [0.25, 0.3) is 6.01 Å². The topological polar surface area (TPSA) is 83.6 Å². The number of piperidine rings is 1. The molecule has 1 aromatic carbocycles. The van der Waals surface area contributed by atoms with Gasteiger partial charge in [-0.3, -0.25) is 4.79 Å². The number of halogens is 1. The third-order valence-electron chi connectivity index (χ3n) is 7.64. The van der Waals surface area contributed by atoms with E-state index in [-0.39, 0.29) is 30.0 Å². The minimum Gasteiger partial charge on any atom is -0.461 e. The molecule has 0 spiro atoms. The highest BCUT2D eigenvalue weighted by Gasteiger charge is 2.44. The minimum absolute atomic E-state index is 0.0292. The SMILES string of the molecule is CC(C)C(=O)N1[C@@H]2CC[C@H]1CC(Oc1nc3nc(-c4ccc(N5CCOCC5)cc4)c(Cl)cc3[nH]1)C2. The van der Waals surface area contributed by atoms with Crippen molar-refractivity contribution in [2.24, 2.45) is 5.92 Å². The second-order valence-corrected chi connectivity index (χ2v) is 10.8. The first-order valence-corrected chi connectivity index (χ1v) is 13.3. The molecule has 0 aliphatic carbocycles. The lowest BCUT2D eigenvalue weighted by Gasteiger charge is -2.39. The van der Waals surface area contributed by atoms with Crippen LogP contribution in [0.1, 0.15) is 39.5 Å². The minimum atomic E-state index is 0.0292. The number of rotatable bonds is 5. The highest BCUT2D eigenvalue weighted by atomic mass is 35.5. The van der Waals surface area contributed by atoms with E-state index in [1.165, 1.54) is 5.69 Å². The number of nitrogens with zero attached hydrogens (tertiary/aromatic N) is 4. The molecule has 1 amide bonds. The van der Waals surface area contributed by atoms with Crippen molar-refractivity contribution in [1.82, 2.24) is 19.9 Å². The van der Waals surface area contributed by atoms with Gasteiger partial charge in [0.05, 0.1) is 29.4 Å². The number of ether oxygens (including phenoxy) is 2. The van der Waals surface area contributed by atoms with E-state index in [0.29, 0.717) is 22.4 Å². The number of imidazole rings is 1. The molecule has 3 aromatic rings. The molecule has 3 fully saturated rings. The Bertz CT molecular complexity index is 1240. The molecule has 8 nitrogen and oxygen atoms in total. The molecule has 1 N–H and O–H groups in total. The summed E-state index contributed by atoms with van der Waals surface area (Å²) >= 11 is 6.63. The van der Waals surface area contributed by atoms with Crippen LogP contribution < -0.4 is 9.64 Å². The molecule has 1 unspecified atom stereocenters. The van der Waals surface area contributed by atoms with E-state index in [4.69, 9.17) is 26.1 Å². The normalized spacial score (nSPS) is 24.1. The highest BCUT2D eigenvalue weighted by molar-refractivity contribution is 6.33. The van der Waals surface area contributed by atoms with Crippen molar-refractivity contribution in [3.63, 3.8) is 0 Å². The van der Waals surface area contributed by atoms with Gasteiger partial charge in [-0.2, -0.15) is 4.98 Å². The average Bonchev–Trinajstić information content (AvgIpc) is 3.39. The highest BCUT2D eigenvalue weighted by Crippen LogP contribution is 2.38. The van der Waals surface area contributed by atoms with Crippen LogP contribution in [0.5, 0.6) is 6.01 Å². The van der Waals surface area contributed by atoms with Gasteiger partial charge in [-0.1, -0.05) is 37.6 Å². The van der Waals surface area contributed by atoms with Crippen LogP contribution >= 0.6 is 11.6 Å². The molecule has 3 aliphatic heterocycles. The molecule has 3 aliphatic rings. The summed E-state index contributed by atoms with van der Waals surface area (Å²) in [5.41, 5.74) is 4.15. The number of hydrogen-bond acceptors (Lipinski definition) is 6. The van der Waals surface area contributed by atoms with Gasteiger partial charge in [-0.15, -0.1) is 0 Å². The van der Waals surface area contributed by atoms with E-state index in [9.17, 15) is 4.79 Å². The maximum atomic E-state index is 12.7. The van der Waals surface area contributed by atoms with Crippen LogP contribution in [-0.4, -0.2) is 70.2 Å². The molecule has 3 atom stereocenters. The number of carbonyl (C=O) groups excluding carboxylic acids is 1. The number of fused-ring (bicyclic) bond motifs is 3. The number of pyridine rings is 1. The first kappa shape index (κ1) is 23.6. The molecule has 2 bridgehead atoms. The second kappa shape index (κ2) is 9.56. The molecule has 190 valence electrons. The molecule has 36 heavy (non-hydrogen) atoms. The number of morpholine rings is 1. The summed E-state index contributed by atoms with van der Waals surface area (Å²) < 4.78 is 11.7. The molecule has 3 saturated heterocycles. The zero-order valence-corrected chi connectivity index (χ0v) is 21.5. The van der Waals surface area contributed by atoms with Gasteiger partial charge in [0.1, 0.15) is 6.10 Å². The molecule has 9 heteroatoms. The van der Waals surface area contributed by atoms with E-state index in [2.05, 4.69) is 44.0 Å². The Hall–Kier alpha value is -2.84. The number of carbonyl (C=O) groups is 1. The van der Waals surface area contributed by atoms with Crippen LogP contribution in [0, 0.1) is 5.92 Å². The van der Waals surface area contributed by atoms with Crippen molar-refractivity contribution in [3.8, 4) is 17.3 Å². The van der Waals surface area contributed by atoms with Crippen molar-refractivity contribution in [1.29, 1.82) is 0 Å². The van der Waals surface area contributed by atoms with Crippen LogP contribution in [0.4, 0.5) is 5.69 Å². The summed E-state index contributed by atoms with van der Waals surface area (Å²) in [6.07, 6.45) is 3.80. The van der Waals surface area contributed by atoms with E-state index in [1.807, 2.05) is 19.9 Å². The molecule has 2 aromatic heterocycles. The monoisotopic (exact) mass is 509 g/mol. The number of anilines is 1. The summed E-state index contributed by atoms with van der Waals surface area (Å²) in [6, 6.07) is 11.2. The van der Waals surface area contributed by atoms with Gasteiger partial charge >= 0.3 is 0 Å². The van der Waals surface area contributed by atoms with Gasteiger partial charge in [-0.25, -0.2) is 4.98 Å². The molecular weight excluding hydrogens is 478 g/mol. The second-order valence-electron chi connectivity index (χ2n) is 10.4. The fourth-order valence-corrected chi connectivity index (χ4v) is 6.11. The Balaban J connectivity index is 1.18. The van der Waals surface area contributed by atoms with Crippen LogP contribution in [-0.2, 0) is 9.53 Å². The lowest BCUT2D eigenvalue weighted by atomic mass is 9.98. The molecular formula is C27H32ClN5O3. The van der Waals surface area contributed by atoms with Crippen molar-refractivity contribution >= 4 is 34.4 Å². The lowest BCUT2D eigenvalue weighted by molar-refractivity contribution is -0.140. The Morgan fingerprint density at radius 2 is 1.81 bits per heavy atom. The van der Waals surface area contributed by atoms with Gasteiger partial charge in [0, 0.05) is 55.2 Å². The van der Waals surface area contributed by atoms with E-state index < -0.39 is 0 Å². The maximum absolute atomic E-state index is 12.7. The number of benzene rings is 1. The van der Waals surface area contributed by atoms with Gasteiger partial charge < -0.3 is 24.3 Å². The Labute approximate surface area is 215 Å². The summed E-state index contributed by atoms with van der Waals surface area (Å²) in [5.74, 6) is 0.288. The first-order chi connectivity index (χ1) is 17.5. The van der Waals surface area contributed by atoms with E-state index >= 15 is 0 Å². The van der Waals surface area contributed by atoms with Crippen LogP contribution in [0.3, 0.4) is 0 Å². The quantitative estimate of drug-likeness (QED) is 0.538. The first-order valence-electron chi connectivity index (χ1n) is 12.9. The van der Waals surface area contributed by atoms with Gasteiger partial charge in [0.2, 0.25) is 5.91 Å². The van der Waals surface area contributed by atoms with Gasteiger partial charge in [0.15, 0.2) is 5.65 Å². The van der Waals surface area contributed by atoms with Crippen molar-refractivity contribution in [2.45, 2.75) is 57.7 Å². The average molecular weight is 510 g/mol. The van der Waals surface area contributed by atoms with Crippen molar-refractivity contribution in [2.75, 3.05) is 31.2 Å². The number of aromatic nitrogens is 3. The fraction of sp³-hybridized carbons (Fsp3) is 0.519. The van der Waals surface area contributed by atoms with E-state index in [1.54, 1.807) is 0 Å². The summed E-state index contributed by atoms with van der Waals surface area (Å²) in [7, 11) is 0. The molecule has 6 rings (SSSR count). The standard InChI is InChI=1S/C27H32ClN5O3/c1-16(2)26(34)33-19-7-8-20(33)14-21(13-19)36-27-29-23-15-22(28)24(30-25(23)31-27)17-3-5-18(6-4-17)32-9-11-35-12-10-32/h3-6,15-16,19-21H,7-14H2,1-2H3,(H,29,30,31)/t19-,20+,21?. The molecule has 5 heterocycles. The fourth-order valence-electron chi connectivity index (χ4n) is 5.84. The van der Waals surface area contributed by atoms with E-state index in [0.717, 1.165) is 63.1 Å². The van der Waals surface area contributed by atoms with Crippen LogP contribution in [0.2, 0.25) is 5.02 Å². The predicted molar refractivity (Wildman–Crippen MR) is 140 cm³/mol. The van der Waals surface area contributed by atoms with Crippen LogP contribution in [0.15, 0.2) is 30.3 Å². The number of amides is 1. The van der Waals surface area contributed by atoms with Crippen molar-refractivity contribution in [3.05, 3.63) is 35.4 Å². The lowest BCUT2D eigenvalue weighted by Crippen LogP contribution is -2.50. The molecule has 0 radical (unpaired) electrons. The smallest absolute Gasteiger partial charge is 0.296 e. The predicted octanol–water partition coefficient (Wildman–Crippen LogP) is 4.67. The zero-order valence-electron chi connectivity index (χ0n) is 20.7. The van der Waals surface area contributed by atoms with Gasteiger partial charge in [-0.05, 0) is 31.0 Å². The van der Waals surface area contributed by atoms with Crippen molar-refractivity contribution < 1.29 is 14.3 Å². The maximum Gasteiger partial charge on any atom is 0.296 e.